The van der Waals surface area contributed by atoms with Crippen molar-refractivity contribution in [2.24, 2.45) is 0 Å². The van der Waals surface area contributed by atoms with E-state index in [2.05, 4.69) is 15.6 Å². The van der Waals surface area contributed by atoms with Gasteiger partial charge in [0.05, 0.1) is 5.56 Å². The van der Waals surface area contributed by atoms with Crippen molar-refractivity contribution in [2.75, 3.05) is 13.1 Å². The third-order valence-electron chi connectivity index (χ3n) is 3.55. The van der Waals surface area contributed by atoms with Crippen molar-refractivity contribution < 1.29 is 13.6 Å². The molecule has 0 radical (unpaired) electrons. The summed E-state index contributed by atoms with van der Waals surface area (Å²) in [6.07, 6.45) is 1.92. The van der Waals surface area contributed by atoms with Crippen LogP contribution in [0.1, 0.15) is 23.3 Å². The van der Waals surface area contributed by atoms with Crippen LogP contribution in [0.25, 0.3) is 10.6 Å². The number of amides is 1. The molecule has 0 aliphatic carbocycles. The molecule has 4 nitrogen and oxygen atoms in total. The molecule has 0 saturated carbocycles. The fourth-order valence-corrected chi connectivity index (χ4v) is 3.28. The Morgan fingerprint density at radius 1 is 1.36 bits per heavy atom. The van der Waals surface area contributed by atoms with Gasteiger partial charge in [0.15, 0.2) is 0 Å². The SMILES string of the molecule is O=C(NC1CCCNC1)c1csc(-c2c(F)cccc2F)n1. The lowest BCUT2D eigenvalue weighted by Gasteiger charge is -2.23. The van der Waals surface area contributed by atoms with Crippen LogP contribution >= 0.6 is 11.3 Å². The lowest BCUT2D eigenvalue weighted by molar-refractivity contribution is 0.0926. The Labute approximate surface area is 130 Å². The maximum atomic E-state index is 13.7. The lowest BCUT2D eigenvalue weighted by atomic mass is 10.1. The third kappa shape index (κ3) is 3.15. The highest BCUT2D eigenvalue weighted by molar-refractivity contribution is 7.13. The van der Waals surface area contributed by atoms with Crippen molar-refractivity contribution in [3.8, 4) is 10.6 Å². The Balaban J connectivity index is 1.77. The molecule has 3 rings (SSSR count). The molecule has 7 heteroatoms. The second kappa shape index (κ2) is 6.50. The van der Waals surface area contributed by atoms with E-state index >= 15 is 0 Å². The van der Waals surface area contributed by atoms with Gasteiger partial charge in [-0.25, -0.2) is 13.8 Å². The van der Waals surface area contributed by atoms with Crippen LogP contribution in [-0.4, -0.2) is 30.0 Å². The topological polar surface area (TPSA) is 54.0 Å². The van der Waals surface area contributed by atoms with E-state index < -0.39 is 11.6 Å². The fourth-order valence-electron chi connectivity index (χ4n) is 2.43. The van der Waals surface area contributed by atoms with Gasteiger partial charge in [-0.15, -0.1) is 11.3 Å². The molecule has 1 amide bonds. The van der Waals surface area contributed by atoms with Gasteiger partial charge in [-0.05, 0) is 31.5 Å². The molecule has 116 valence electrons. The molecule has 2 heterocycles. The van der Waals surface area contributed by atoms with Gasteiger partial charge in [-0.3, -0.25) is 4.79 Å². The Kier molecular flexibility index (Phi) is 4.44. The number of benzene rings is 1. The zero-order valence-corrected chi connectivity index (χ0v) is 12.6. The van der Waals surface area contributed by atoms with Crippen LogP contribution in [-0.2, 0) is 0 Å². The summed E-state index contributed by atoms with van der Waals surface area (Å²) in [4.78, 5) is 16.2. The largest absolute Gasteiger partial charge is 0.347 e. The van der Waals surface area contributed by atoms with E-state index in [1.165, 1.54) is 23.6 Å². The molecule has 2 N–H and O–H groups in total. The van der Waals surface area contributed by atoms with Crippen molar-refractivity contribution in [1.82, 2.24) is 15.6 Å². The second-order valence-corrected chi connectivity index (χ2v) is 6.01. The molecule has 22 heavy (non-hydrogen) atoms. The first-order valence-corrected chi connectivity index (χ1v) is 7.94. The molecule has 1 atom stereocenters. The zero-order valence-electron chi connectivity index (χ0n) is 11.7. The summed E-state index contributed by atoms with van der Waals surface area (Å²) in [5, 5.41) is 7.78. The van der Waals surface area contributed by atoms with Crippen molar-refractivity contribution in [3.63, 3.8) is 0 Å². The van der Waals surface area contributed by atoms with E-state index in [-0.39, 0.29) is 28.2 Å². The Morgan fingerprint density at radius 3 is 2.82 bits per heavy atom. The smallest absolute Gasteiger partial charge is 0.271 e. The van der Waals surface area contributed by atoms with E-state index in [0.29, 0.717) is 0 Å². The highest BCUT2D eigenvalue weighted by Crippen LogP contribution is 2.28. The number of carbonyl (C=O) groups is 1. The minimum absolute atomic E-state index is 0.0663. The summed E-state index contributed by atoms with van der Waals surface area (Å²) in [5.74, 6) is -1.68. The number of nitrogens with zero attached hydrogens (tertiary/aromatic N) is 1. The number of nitrogens with one attached hydrogen (secondary N) is 2. The first-order chi connectivity index (χ1) is 10.6. The highest BCUT2D eigenvalue weighted by atomic mass is 32.1. The molecule has 2 aromatic rings. The van der Waals surface area contributed by atoms with Gasteiger partial charge in [0, 0.05) is 18.0 Å². The molecule has 1 unspecified atom stereocenters. The molecular weight excluding hydrogens is 308 g/mol. The summed E-state index contributed by atoms with van der Waals surface area (Å²) in [6, 6.07) is 3.71. The predicted octanol–water partition coefficient (Wildman–Crippen LogP) is 2.57. The van der Waals surface area contributed by atoms with Crippen LogP contribution in [0.15, 0.2) is 23.6 Å². The highest BCUT2D eigenvalue weighted by Gasteiger charge is 2.20. The van der Waals surface area contributed by atoms with Gasteiger partial charge in [-0.2, -0.15) is 0 Å². The molecular formula is C15H15F2N3OS. The van der Waals surface area contributed by atoms with E-state index in [9.17, 15) is 13.6 Å². The molecule has 1 aliphatic rings. The number of halogens is 2. The van der Waals surface area contributed by atoms with Crippen LogP contribution in [0.5, 0.6) is 0 Å². The Hall–Kier alpha value is -1.86. The summed E-state index contributed by atoms with van der Waals surface area (Å²) >= 11 is 1.05. The van der Waals surface area contributed by atoms with Gasteiger partial charge >= 0.3 is 0 Å². The number of carbonyl (C=O) groups excluding carboxylic acids is 1. The van der Waals surface area contributed by atoms with Gasteiger partial charge in [0.1, 0.15) is 22.3 Å². The first-order valence-electron chi connectivity index (χ1n) is 7.06. The van der Waals surface area contributed by atoms with Crippen molar-refractivity contribution in [3.05, 3.63) is 40.9 Å². The standard InChI is InChI=1S/C15H15F2N3OS/c16-10-4-1-5-11(17)13(10)15-20-12(8-22-15)14(21)19-9-3-2-6-18-7-9/h1,4-5,8-9,18H,2-3,6-7H2,(H,19,21). The average Bonchev–Trinajstić information content (AvgIpc) is 2.98. The Morgan fingerprint density at radius 2 is 2.14 bits per heavy atom. The minimum atomic E-state index is -0.683. The first kappa shape index (κ1) is 15.1. The molecule has 1 aliphatic heterocycles. The monoisotopic (exact) mass is 323 g/mol. The number of hydrogen-bond acceptors (Lipinski definition) is 4. The van der Waals surface area contributed by atoms with Crippen LogP contribution in [0.4, 0.5) is 8.78 Å². The minimum Gasteiger partial charge on any atom is -0.347 e. The number of thiazole rings is 1. The predicted molar refractivity (Wildman–Crippen MR) is 80.8 cm³/mol. The van der Waals surface area contributed by atoms with E-state index in [1.54, 1.807) is 0 Å². The molecule has 1 fully saturated rings. The van der Waals surface area contributed by atoms with E-state index in [4.69, 9.17) is 0 Å². The normalized spacial score (nSPS) is 18.2. The zero-order chi connectivity index (χ0) is 15.5. The summed E-state index contributed by atoms with van der Waals surface area (Å²) in [5.41, 5.74) is -0.000824. The summed E-state index contributed by atoms with van der Waals surface area (Å²) < 4.78 is 27.5. The second-order valence-electron chi connectivity index (χ2n) is 5.15. The van der Waals surface area contributed by atoms with Crippen molar-refractivity contribution in [2.45, 2.75) is 18.9 Å². The van der Waals surface area contributed by atoms with Gasteiger partial charge < -0.3 is 10.6 Å². The molecule has 1 saturated heterocycles. The quantitative estimate of drug-likeness (QED) is 0.913. The lowest BCUT2D eigenvalue weighted by Crippen LogP contribution is -2.45. The number of aromatic nitrogens is 1. The van der Waals surface area contributed by atoms with Crippen molar-refractivity contribution >= 4 is 17.2 Å². The number of rotatable bonds is 3. The summed E-state index contributed by atoms with van der Waals surface area (Å²) in [7, 11) is 0. The molecule has 0 bridgehead atoms. The number of hydrogen-bond donors (Lipinski definition) is 2. The van der Waals surface area contributed by atoms with Crippen LogP contribution < -0.4 is 10.6 Å². The molecule has 1 aromatic carbocycles. The van der Waals surface area contributed by atoms with Gasteiger partial charge in [0.25, 0.3) is 5.91 Å². The van der Waals surface area contributed by atoms with E-state index in [1.807, 2.05) is 0 Å². The van der Waals surface area contributed by atoms with Gasteiger partial charge in [-0.1, -0.05) is 6.07 Å². The maximum absolute atomic E-state index is 13.7. The fraction of sp³-hybridized carbons (Fsp3) is 0.333. The van der Waals surface area contributed by atoms with Crippen LogP contribution in [0.2, 0.25) is 0 Å². The van der Waals surface area contributed by atoms with Gasteiger partial charge in [0.2, 0.25) is 0 Å². The summed E-state index contributed by atoms with van der Waals surface area (Å²) in [6.45, 7) is 1.68. The number of piperidine rings is 1. The average molecular weight is 323 g/mol. The maximum Gasteiger partial charge on any atom is 0.271 e. The van der Waals surface area contributed by atoms with Crippen LogP contribution in [0, 0.1) is 11.6 Å². The molecule has 1 aromatic heterocycles. The van der Waals surface area contributed by atoms with Crippen molar-refractivity contribution in [1.29, 1.82) is 0 Å². The molecule has 0 spiro atoms. The van der Waals surface area contributed by atoms with Crippen LogP contribution in [0.3, 0.4) is 0 Å². The Bertz CT molecular complexity index is 663. The third-order valence-corrected chi connectivity index (χ3v) is 4.41. The van der Waals surface area contributed by atoms with E-state index in [0.717, 1.165) is 37.3 Å².